The number of nitrogens with one attached hydrogen (secondary N) is 1. The van der Waals surface area contributed by atoms with Crippen LogP contribution in [-0.4, -0.2) is 12.5 Å². The van der Waals surface area contributed by atoms with Gasteiger partial charge in [-0.05, 0) is 49.2 Å². The number of carbonyl (C=O) groups excluding carboxylic acids is 1. The molecule has 0 spiro atoms. The lowest BCUT2D eigenvalue weighted by Crippen LogP contribution is -2.12. The van der Waals surface area contributed by atoms with E-state index < -0.39 is 0 Å². The molecule has 0 fully saturated rings. The molecule has 3 aromatic carbocycles. The lowest BCUT2D eigenvalue weighted by molar-refractivity contribution is 0.0998. The largest absolute Gasteiger partial charge is 0.493 e. The summed E-state index contributed by atoms with van der Waals surface area (Å²) in [6.07, 6.45) is 0. The van der Waals surface area contributed by atoms with Crippen molar-refractivity contribution in [3.05, 3.63) is 84.1 Å². The maximum atomic E-state index is 12.8. The van der Waals surface area contributed by atoms with Crippen LogP contribution in [0.2, 0.25) is 0 Å². The van der Waals surface area contributed by atoms with Crippen molar-refractivity contribution in [3.8, 4) is 16.9 Å². The van der Waals surface area contributed by atoms with Crippen molar-refractivity contribution in [1.29, 1.82) is 0 Å². The van der Waals surface area contributed by atoms with Gasteiger partial charge in [0.05, 0.1) is 12.0 Å². The van der Waals surface area contributed by atoms with Crippen LogP contribution in [-0.2, 0) is 0 Å². The summed E-state index contributed by atoms with van der Waals surface area (Å²) in [5, 5.41) is 3.76. The number of aryl methyl sites for hydroxylation is 1. The van der Waals surface area contributed by atoms with Gasteiger partial charge in [0.1, 0.15) is 11.3 Å². The lowest BCUT2D eigenvalue weighted by Gasteiger charge is -2.06. The van der Waals surface area contributed by atoms with Gasteiger partial charge in [-0.2, -0.15) is 0 Å². The number of fused-ring (bicyclic) bond motifs is 1. The highest BCUT2D eigenvalue weighted by Crippen LogP contribution is 2.33. The van der Waals surface area contributed by atoms with E-state index in [4.69, 9.17) is 9.15 Å². The summed E-state index contributed by atoms with van der Waals surface area (Å²) in [5.41, 5.74) is 4.37. The number of anilines is 1. The van der Waals surface area contributed by atoms with Crippen molar-refractivity contribution in [2.45, 2.75) is 13.8 Å². The Labute approximate surface area is 163 Å². The predicted molar refractivity (Wildman–Crippen MR) is 112 cm³/mol. The molecule has 1 aromatic heterocycles. The molecule has 0 radical (unpaired) electrons. The Morgan fingerprint density at radius 1 is 0.929 bits per heavy atom. The standard InChI is InChI=1S/C24H21NO3/c1-3-27-20-10-7-11-21-22(20)16(2)23(28-21)24(26)25-19-14-12-18(13-15-19)17-8-5-4-6-9-17/h4-15H,3H2,1-2H3,(H,25,26). The quantitative estimate of drug-likeness (QED) is 0.464. The van der Waals surface area contributed by atoms with Crippen LogP contribution in [0.15, 0.2) is 77.2 Å². The second-order valence-electron chi connectivity index (χ2n) is 6.52. The number of amides is 1. The molecule has 140 valence electrons. The van der Waals surface area contributed by atoms with E-state index >= 15 is 0 Å². The molecule has 0 aliphatic carbocycles. The third kappa shape index (κ3) is 3.37. The van der Waals surface area contributed by atoms with Gasteiger partial charge in [0.15, 0.2) is 5.76 Å². The van der Waals surface area contributed by atoms with Gasteiger partial charge in [0.2, 0.25) is 0 Å². The fourth-order valence-corrected chi connectivity index (χ4v) is 3.32. The summed E-state index contributed by atoms with van der Waals surface area (Å²) in [5.74, 6) is 0.755. The number of hydrogen-bond donors (Lipinski definition) is 1. The number of ether oxygens (including phenoxy) is 1. The van der Waals surface area contributed by atoms with E-state index in [-0.39, 0.29) is 5.91 Å². The Balaban J connectivity index is 1.59. The summed E-state index contributed by atoms with van der Waals surface area (Å²) < 4.78 is 11.5. The molecule has 0 aliphatic rings. The van der Waals surface area contributed by atoms with Crippen LogP contribution in [0.25, 0.3) is 22.1 Å². The molecule has 4 aromatic rings. The van der Waals surface area contributed by atoms with E-state index in [1.165, 1.54) is 0 Å². The highest BCUT2D eigenvalue weighted by atomic mass is 16.5. The van der Waals surface area contributed by atoms with Crippen molar-refractivity contribution in [2.75, 3.05) is 11.9 Å². The minimum Gasteiger partial charge on any atom is -0.493 e. The maximum Gasteiger partial charge on any atom is 0.291 e. The molecule has 0 bridgehead atoms. The van der Waals surface area contributed by atoms with Crippen molar-refractivity contribution in [2.24, 2.45) is 0 Å². The molecule has 0 aliphatic heterocycles. The van der Waals surface area contributed by atoms with Crippen molar-refractivity contribution >= 4 is 22.6 Å². The molecule has 0 unspecified atom stereocenters. The van der Waals surface area contributed by atoms with Crippen molar-refractivity contribution in [3.63, 3.8) is 0 Å². The summed E-state index contributed by atoms with van der Waals surface area (Å²) >= 11 is 0. The van der Waals surface area contributed by atoms with Crippen LogP contribution in [0.1, 0.15) is 23.0 Å². The van der Waals surface area contributed by atoms with E-state index in [2.05, 4.69) is 17.4 Å². The number of rotatable bonds is 5. The Bertz CT molecular complexity index is 1110. The van der Waals surface area contributed by atoms with Crippen LogP contribution in [0.5, 0.6) is 5.75 Å². The molecule has 1 N–H and O–H groups in total. The molecular formula is C24H21NO3. The Morgan fingerprint density at radius 2 is 1.64 bits per heavy atom. The molecule has 1 heterocycles. The molecular weight excluding hydrogens is 350 g/mol. The minimum atomic E-state index is -0.274. The van der Waals surface area contributed by atoms with E-state index in [0.29, 0.717) is 18.0 Å². The summed E-state index contributed by atoms with van der Waals surface area (Å²) in [4.78, 5) is 12.8. The van der Waals surface area contributed by atoms with Gasteiger partial charge in [-0.25, -0.2) is 0 Å². The van der Waals surface area contributed by atoms with Gasteiger partial charge in [-0.15, -0.1) is 0 Å². The summed E-state index contributed by atoms with van der Waals surface area (Å²) in [6, 6.07) is 23.5. The van der Waals surface area contributed by atoms with Crippen LogP contribution < -0.4 is 10.1 Å². The third-order valence-electron chi connectivity index (χ3n) is 4.67. The van der Waals surface area contributed by atoms with E-state index in [0.717, 1.165) is 33.5 Å². The van der Waals surface area contributed by atoms with Gasteiger partial charge >= 0.3 is 0 Å². The minimum absolute atomic E-state index is 0.274. The fourth-order valence-electron chi connectivity index (χ4n) is 3.32. The SMILES string of the molecule is CCOc1cccc2oc(C(=O)Nc3ccc(-c4ccccc4)cc3)c(C)c12. The van der Waals surface area contributed by atoms with Gasteiger partial charge < -0.3 is 14.5 Å². The first-order chi connectivity index (χ1) is 13.7. The predicted octanol–water partition coefficient (Wildman–Crippen LogP) is 6.06. The normalized spacial score (nSPS) is 10.8. The van der Waals surface area contributed by atoms with Crippen LogP contribution in [0.4, 0.5) is 5.69 Å². The number of carbonyl (C=O) groups is 1. The third-order valence-corrected chi connectivity index (χ3v) is 4.67. The van der Waals surface area contributed by atoms with Crippen LogP contribution in [0.3, 0.4) is 0 Å². The number of furan rings is 1. The summed E-state index contributed by atoms with van der Waals surface area (Å²) in [7, 11) is 0. The zero-order valence-corrected chi connectivity index (χ0v) is 15.9. The van der Waals surface area contributed by atoms with Gasteiger partial charge in [-0.1, -0.05) is 48.5 Å². The molecule has 0 atom stereocenters. The molecule has 0 saturated heterocycles. The molecule has 1 amide bonds. The second kappa shape index (κ2) is 7.61. The smallest absolute Gasteiger partial charge is 0.291 e. The topological polar surface area (TPSA) is 51.5 Å². The average molecular weight is 371 g/mol. The van der Waals surface area contributed by atoms with Crippen LogP contribution >= 0.6 is 0 Å². The van der Waals surface area contributed by atoms with Gasteiger partial charge in [0.25, 0.3) is 5.91 Å². The second-order valence-corrected chi connectivity index (χ2v) is 6.52. The van der Waals surface area contributed by atoms with Crippen molar-refractivity contribution in [1.82, 2.24) is 0 Å². The Hall–Kier alpha value is -3.53. The van der Waals surface area contributed by atoms with E-state index in [1.54, 1.807) is 0 Å². The first-order valence-corrected chi connectivity index (χ1v) is 9.29. The molecule has 4 rings (SSSR count). The highest BCUT2D eigenvalue weighted by molar-refractivity contribution is 6.07. The lowest BCUT2D eigenvalue weighted by atomic mass is 10.1. The maximum absolute atomic E-state index is 12.8. The monoisotopic (exact) mass is 371 g/mol. The average Bonchev–Trinajstić information content (AvgIpc) is 3.07. The molecule has 28 heavy (non-hydrogen) atoms. The van der Waals surface area contributed by atoms with E-state index in [9.17, 15) is 4.79 Å². The molecule has 4 heteroatoms. The Kier molecular flexibility index (Phi) is 4.85. The number of benzene rings is 3. The van der Waals surface area contributed by atoms with Crippen molar-refractivity contribution < 1.29 is 13.9 Å². The van der Waals surface area contributed by atoms with Gasteiger partial charge in [-0.3, -0.25) is 4.79 Å². The molecule has 0 saturated carbocycles. The van der Waals surface area contributed by atoms with Crippen LogP contribution in [0, 0.1) is 6.92 Å². The van der Waals surface area contributed by atoms with Gasteiger partial charge in [0, 0.05) is 11.3 Å². The first kappa shape index (κ1) is 17.9. The first-order valence-electron chi connectivity index (χ1n) is 9.29. The summed E-state index contributed by atoms with van der Waals surface area (Å²) in [6.45, 7) is 4.36. The van der Waals surface area contributed by atoms with E-state index in [1.807, 2.05) is 74.5 Å². The fraction of sp³-hybridized carbons (Fsp3) is 0.125. The number of hydrogen-bond acceptors (Lipinski definition) is 3. The Morgan fingerprint density at radius 3 is 2.36 bits per heavy atom. The highest BCUT2D eigenvalue weighted by Gasteiger charge is 2.20. The zero-order valence-electron chi connectivity index (χ0n) is 15.9. The zero-order chi connectivity index (χ0) is 19.5. The molecule has 4 nitrogen and oxygen atoms in total.